The van der Waals surface area contributed by atoms with Gasteiger partial charge in [-0.3, -0.25) is 0 Å². The number of benzene rings is 1. The van der Waals surface area contributed by atoms with E-state index in [0.29, 0.717) is 17.5 Å². The lowest BCUT2D eigenvalue weighted by atomic mass is 10.3. The van der Waals surface area contributed by atoms with E-state index in [9.17, 15) is 13.2 Å². The van der Waals surface area contributed by atoms with E-state index in [4.69, 9.17) is 0 Å². The highest BCUT2D eigenvalue weighted by molar-refractivity contribution is 7.89. The molecule has 9 heteroatoms. The Morgan fingerprint density at radius 1 is 1.27 bits per heavy atom. The summed E-state index contributed by atoms with van der Waals surface area (Å²) in [5.41, 5.74) is 0.669. The Labute approximate surface area is 130 Å². The van der Waals surface area contributed by atoms with Crippen molar-refractivity contribution in [2.75, 3.05) is 6.54 Å². The van der Waals surface area contributed by atoms with Gasteiger partial charge < -0.3 is 9.97 Å². The van der Waals surface area contributed by atoms with Gasteiger partial charge in [0.15, 0.2) is 0 Å². The molecule has 0 unspecified atom stereocenters. The van der Waals surface area contributed by atoms with Crippen LogP contribution in [0.5, 0.6) is 0 Å². The molecule has 3 N–H and O–H groups in total. The fraction of sp³-hybridized carbons (Fsp3) is 0.231. The summed E-state index contributed by atoms with van der Waals surface area (Å²) in [5.74, 6) is 0. The summed E-state index contributed by atoms with van der Waals surface area (Å²) in [7, 11) is -3.61. The van der Waals surface area contributed by atoms with Crippen molar-refractivity contribution in [2.24, 2.45) is 0 Å². The zero-order chi connectivity index (χ0) is 15.7. The first-order valence-corrected chi connectivity index (χ1v) is 8.87. The molecule has 0 bridgehead atoms. The molecule has 1 aromatic carbocycles. The zero-order valence-corrected chi connectivity index (χ0v) is 13.3. The maximum Gasteiger partial charge on any atom is 0.323 e. The smallest absolute Gasteiger partial charge is 0.306 e. The molecule has 22 heavy (non-hydrogen) atoms. The maximum absolute atomic E-state index is 12.2. The fourth-order valence-corrected chi connectivity index (χ4v) is 3.92. The Kier molecular flexibility index (Phi) is 3.85. The number of hydrogen-bond donors (Lipinski definition) is 3. The first kappa shape index (κ1) is 14.9. The molecule has 3 rings (SSSR count). The van der Waals surface area contributed by atoms with Gasteiger partial charge in [0.1, 0.15) is 0 Å². The monoisotopic (exact) mass is 338 g/mol. The van der Waals surface area contributed by atoms with Gasteiger partial charge in [0.2, 0.25) is 10.0 Å². The van der Waals surface area contributed by atoms with Gasteiger partial charge >= 0.3 is 5.69 Å². The third-order valence-corrected chi connectivity index (χ3v) is 5.53. The van der Waals surface area contributed by atoms with Crippen LogP contribution in [0.1, 0.15) is 9.88 Å². The number of aromatic nitrogens is 3. The van der Waals surface area contributed by atoms with Crippen LogP contribution in [0.4, 0.5) is 0 Å². The van der Waals surface area contributed by atoms with Gasteiger partial charge in [-0.05, 0) is 25.1 Å². The van der Waals surface area contributed by atoms with Crippen molar-refractivity contribution in [1.29, 1.82) is 0 Å². The first-order chi connectivity index (χ1) is 10.4. The van der Waals surface area contributed by atoms with Crippen LogP contribution in [0.25, 0.3) is 11.0 Å². The number of nitrogens with zero attached hydrogens (tertiary/aromatic N) is 1. The van der Waals surface area contributed by atoms with E-state index < -0.39 is 10.0 Å². The topological polar surface area (TPSA) is 108 Å². The van der Waals surface area contributed by atoms with E-state index in [1.165, 1.54) is 12.1 Å². The van der Waals surface area contributed by atoms with Crippen molar-refractivity contribution in [1.82, 2.24) is 19.7 Å². The van der Waals surface area contributed by atoms with Gasteiger partial charge in [-0.25, -0.2) is 22.9 Å². The summed E-state index contributed by atoms with van der Waals surface area (Å²) >= 11 is 1.55. The SMILES string of the molecule is Cc1cnc(CCNS(=O)(=O)c2ccc3[nH]c(=O)[nH]c3c2)s1. The molecule has 0 spiro atoms. The highest BCUT2D eigenvalue weighted by Gasteiger charge is 2.15. The minimum absolute atomic E-state index is 0.116. The lowest BCUT2D eigenvalue weighted by Gasteiger charge is -2.05. The summed E-state index contributed by atoms with van der Waals surface area (Å²) < 4.78 is 27.0. The molecule has 0 amide bonds. The van der Waals surface area contributed by atoms with Crippen LogP contribution >= 0.6 is 11.3 Å². The second-order valence-electron chi connectivity index (χ2n) is 4.80. The molecule has 3 aromatic rings. The van der Waals surface area contributed by atoms with Crippen molar-refractivity contribution >= 4 is 32.4 Å². The van der Waals surface area contributed by atoms with Crippen molar-refractivity contribution in [3.8, 4) is 0 Å². The number of imidazole rings is 1. The Hall–Kier alpha value is -1.97. The Morgan fingerprint density at radius 3 is 2.77 bits per heavy atom. The molecule has 2 heterocycles. The number of fused-ring (bicyclic) bond motifs is 1. The van der Waals surface area contributed by atoms with Gasteiger partial charge in [0.25, 0.3) is 0 Å². The van der Waals surface area contributed by atoms with Crippen LogP contribution < -0.4 is 10.4 Å². The molecule has 0 aliphatic heterocycles. The normalized spacial score (nSPS) is 12.0. The van der Waals surface area contributed by atoms with Gasteiger partial charge in [0.05, 0.1) is 20.9 Å². The second-order valence-corrected chi connectivity index (χ2v) is 7.89. The minimum Gasteiger partial charge on any atom is -0.306 e. The molecular weight excluding hydrogens is 324 g/mol. The van der Waals surface area contributed by atoms with Crippen LogP contribution in [-0.4, -0.2) is 29.9 Å². The van der Waals surface area contributed by atoms with Crippen LogP contribution in [0.3, 0.4) is 0 Å². The van der Waals surface area contributed by atoms with Crippen LogP contribution in [0.2, 0.25) is 0 Å². The summed E-state index contributed by atoms with van der Waals surface area (Å²) in [6.45, 7) is 2.23. The molecule has 0 aliphatic rings. The molecule has 0 saturated carbocycles. The van der Waals surface area contributed by atoms with Gasteiger partial charge in [0, 0.05) is 24.0 Å². The lowest BCUT2D eigenvalue weighted by molar-refractivity contribution is 0.581. The molecule has 0 aliphatic carbocycles. The number of sulfonamides is 1. The number of rotatable bonds is 5. The van der Waals surface area contributed by atoms with Crippen molar-refractivity contribution < 1.29 is 8.42 Å². The highest BCUT2D eigenvalue weighted by Crippen LogP contribution is 2.15. The van der Waals surface area contributed by atoms with Gasteiger partial charge in [-0.2, -0.15) is 0 Å². The molecule has 7 nitrogen and oxygen atoms in total. The zero-order valence-electron chi connectivity index (χ0n) is 11.7. The Balaban J connectivity index is 1.74. The number of aromatic amines is 2. The number of nitrogens with one attached hydrogen (secondary N) is 3. The fourth-order valence-electron chi connectivity index (χ4n) is 2.07. The largest absolute Gasteiger partial charge is 0.323 e. The molecule has 0 fully saturated rings. The Morgan fingerprint density at radius 2 is 2.05 bits per heavy atom. The molecule has 2 aromatic heterocycles. The van der Waals surface area contributed by atoms with E-state index in [0.717, 1.165) is 9.88 Å². The first-order valence-electron chi connectivity index (χ1n) is 6.57. The number of H-pyrrole nitrogens is 2. The second kappa shape index (κ2) is 5.67. The molecule has 0 atom stereocenters. The predicted molar refractivity (Wildman–Crippen MR) is 84.7 cm³/mol. The summed E-state index contributed by atoms with van der Waals surface area (Å²) in [5, 5.41) is 0.894. The average Bonchev–Trinajstić information content (AvgIpc) is 3.02. The summed E-state index contributed by atoms with van der Waals surface area (Å²) in [4.78, 5) is 21.7. The van der Waals surface area contributed by atoms with Crippen molar-refractivity contribution in [2.45, 2.75) is 18.2 Å². The van der Waals surface area contributed by atoms with Crippen molar-refractivity contribution in [3.05, 3.63) is 44.8 Å². The number of hydrogen-bond acceptors (Lipinski definition) is 5. The van der Waals surface area contributed by atoms with Crippen LogP contribution in [-0.2, 0) is 16.4 Å². The van der Waals surface area contributed by atoms with E-state index in [1.807, 2.05) is 6.92 Å². The number of thiazole rings is 1. The highest BCUT2D eigenvalue weighted by atomic mass is 32.2. The quantitative estimate of drug-likeness (QED) is 0.648. The standard InChI is InChI=1S/C13H14N4O3S2/c1-8-7-14-12(21-8)4-5-15-22(19,20)9-2-3-10-11(6-9)17-13(18)16-10/h2-3,6-7,15H,4-5H2,1H3,(H2,16,17,18). The van der Waals surface area contributed by atoms with Crippen LogP contribution in [0.15, 0.2) is 34.1 Å². The van der Waals surface area contributed by atoms with E-state index in [2.05, 4.69) is 19.7 Å². The third-order valence-electron chi connectivity index (χ3n) is 3.10. The predicted octanol–water partition coefficient (Wildman–Crippen LogP) is 1.14. The number of aryl methyl sites for hydroxylation is 1. The van der Waals surface area contributed by atoms with E-state index >= 15 is 0 Å². The van der Waals surface area contributed by atoms with E-state index in [-0.39, 0.29) is 17.1 Å². The Bertz CT molecular complexity index is 969. The summed E-state index contributed by atoms with van der Waals surface area (Å²) in [6, 6.07) is 4.46. The average molecular weight is 338 g/mol. The molecule has 0 radical (unpaired) electrons. The van der Waals surface area contributed by atoms with E-state index in [1.54, 1.807) is 23.6 Å². The lowest BCUT2D eigenvalue weighted by Crippen LogP contribution is -2.25. The molecular formula is C13H14N4O3S2. The van der Waals surface area contributed by atoms with Crippen molar-refractivity contribution in [3.63, 3.8) is 0 Å². The van der Waals surface area contributed by atoms with Gasteiger partial charge in [-0.1, -0.05) is 0 Å². The maximum atomic E-state index is 12.2. The third kappa shape index (κ3) is 3.11. The van der Waals surface area contributed by atoms with Crippen LogP contribution in [0, 0.1) is 6.92 Å². The minimum atomic E-state index is -3.61. The molecule has 116 valence electrons. The summed E-state index contributed by atoms with van der Waals surface area (Å²) in [6.07, 6.45) is 2.31. The molecule has 0 saturated heterocycles. The van der Waals surface area contributed by atoms with Gasteiger partial charge in [-0.15, -0.1) is 11.3 Å².